The van der Waals surface area contributed by atoms with E-state index in [4.69, 9.17) is 0 Å². The van der Waals surface area contributed by atoms with Crippen LogP contribution in [0.15, 0.2) is 24.3 Å². The number of amides is 1. The summed E-state index contributed by atoms with van der Waals surface area (Å²) in [5.74, 6) is 0.0130. The molecule has 1 saturated carbocycles. The summed E-state index contributed by atoms with van der Waals surface area (Å²) in [5, 5.41) is 10.0. The van der Waals surface area contributed by atoms with Crippen LogP contribution in [0.1, 0.15) is 41.6 Å². The standard InChI is InChI=1S/C15H21NO2/c1-11-7-3-4-8-12(11)15(18)16(2)13-9-5-6-10-14(13)17/h3-4,7-8,13-14,17H,5-6,9-10H2,1-2H3. The van der Waals surface area contributed by atoms with Crippen LogP contribution in [0.25, 0.3) is 0 Å². The van der Waals surface area contributed by atoms with Gasteiger partial charge in [-0.25, -0.2) is 0 Å². The van der Waals surface area contributed by atoms with Gasteiger partial charge in [0.05, 0.1) is 12.1 Å². The number of likely N-dealkylation sites (N-methyl/N-ethyl adjacent to an activating group) is 1. The van der Waals surface area contributed by atoms with Crippen molar-refractivity contribution in [2.45, 2.75) is 44.8 Å². The summed E-state index contributed by atoms with van der Waals surface area (Å²) in [4.78, 5) is 14.1. The number of aryl methyl sites for hydroxylation is 1. The Balaban J connectivity index is 2.16. The zero-order valence-electron chi connectivity index (χ0n) is 11.1. The van der Waals surface area contributed by atoms with Crippen LogP contribution >= 0.6 is 0 Å². The molecule has 1 amide bonds. The first kappa shape index (κ1) is 13.1. The zero-order chi connectivity index (χ0) is 13.1. The van der Waals surface area contributed by atoms with Crippen LogP contribution in [0.2, 0.25) is 0 Å². The van der Waals surface area contributed by atoms with Gasteiger partial charge in [-0.1, -0.05) is 31.0 Å². The Kier molecular flexibility index (Phi) is 4.02. The summed E-state index contributed by atoms with van der Waals surface area (Å²) in [5.41, 5.74) is 1.72. The van der Waals surface area contributed by atoms with Crippen LogP contribution in [-0.4, -0.2) is 35.1 Å². The molecule has 3 nitrogen and oxygen atoms in total. The number of hydrogen-bond donors (Lipinski definition) is 1. The Morgan fingerprint density at radius 1 is 1.28 bits per heavy atom. The average Bonchev–Trinajstić information content (AvgIpc) is 2.38. The highest BCUT2D eigenvalue weighted by atomic mass is 16.3. The minimum Gasteiger partial charge on any atom is -0.391 e. The van der Waals surface area contributed by atoms with E-state index in [1.54, 1.807) is 11.9 Å². The van der Waals surface area contributed by atoms with E-state index in [2.05, 4.69) is 0 Å². The molecule has 0 saturated heterocycles. The second-order valence-electron chi connectivity index (χ2n) is 5.15. The number of hydrogen-bond acceptors (Lipinski definition) is 2. The summed E-state index contributed by atoms with van der Waals surface area (Å²) < 4.78 is 0. The van der Waals surface area contributed by atoms with Crippen molar-refractivity contribution in [1.82, 2.24) is 4.90 Å². The molecule has 1 aliphatic rings. The Bertz CT molecular complexity index is 430. The second kappa shape index (κ2) is 5.53. The van der Waals surface area contributed by atoms with E-state index in [1.165, 1.54) is 0 Å². The SMILES string of the molecule is Cc1ccccc1C(=O)N(C)C1CCCCC1O. The molecule has 18 heavy (non-hydrogen) atoms. The Morgan fingerprint density at radius 2 is 1.94 bits per heavy atom. The fourth-order valence-corrected chi connectivity index (χ4v) is 2.70. The number of aliphatic hydroxyl groups excluding tert-OH is 1. The van der Waals surface area contributed by atoms with E-state index >= 15 is 0 Å². The quantitative estimate of drug-likeness (QED) is 0.871. The lowest BCUT2D eigenvalue weighted by molar-refractivity contribution is 0.0267. The maximum absolute atomic E-state index is 12.4. The zero-order valence-corrected chi connectivity index (χ0v) is 11.1. The lowest BCUT2D eigenvalue weighted by atomic mass is 9.91. The summed E-state index contributed by atoms with van der Waals surface area (Å²) in [6.45, 7) is 1.94. The molecule has 1 aliphatic carbocycles. The minimum atomic E-state index is -0.378. The normalized spacial score (nSPS) is 23.7. The van der Waals surface area contributed by atoms with Gasteiger partial charge in [-0.3, -0.25) is 4.79 Å². The van der Waals surface area contributed by atoms with Crippen LogP contribution < -0.4 is 0 Å². The van der Waals surface area contributed by atoms with Gasteiger partial charge in [0.2, 0.25) is 0 Å². The van der Waals surface area contributed by atoms with Crippen LogP contribution in [0.4, 0.5) is 0 Å². The van der Waals surface area contributed by atoms with Crippen LogP contribution in [0.5, 0.6) is 0 Å². The smallest absolute Gasteiger partial charge is 0.254 e. The Hall–Kier alpha value is -1.35. The van der Waals surface area contributed by atoms with Crippen molar-refractivity contribution in [3.63, 3.8) is 0 Å². The maximum atomic E-state index is 12.4. The van der Waals surface area contributed by atoms with Crippen LogP contribution in [-0.2, 0) is 0 Å². The Labute approximate surface area is 108 Å². The molecule has 0 aromatic heterocycles. The van der Waals surface area contributed by atoms with Gasteiger partial charge in [-0.05, 0) is 31.4 Å². The fourth-order valence-electron chi connectivity index (χ4n) is 2.70. The molecular formula is C15H21NO2. The molecule has 0 heterocycles. The number of carbonyl (C=O) groups excluding carboxylic acids is 1. The lowest BCUT2D eigenvalue weighted by Gasteiger charge is -2.35. The molecule has 2 atom stereocenters. The molecular weight excluding hydrogens is 226 g/mol. The fraction of sp³-hybridized carbons (Fsp3) is 0.533. The highest BCUT2D eigenvalue weighted by Crippen LogP contribution is 2.24. The van der Waals surface area contributed by atoms with Gasteiger partial charge >= 0.3 is 0 Å². The molecule has 0 spiro atoms. The van der Waals surface area contributed by atoms with Crippen molar-refractivity contribution in [3.05, 3.63) is 35.4 Å². The first-order chi connectivity index (χ1) is 8.61. The van der Waals surface area contributed by atoms with Crippen molar-refractivity contribution < 1.29 is 9.90 Å². The third-order valence-corrected chi connectivity index (χ3v) is 3.89. The van der Waals surface area contributed by atoms with Gasteiger partial charge in [0.15, 0.2) is 0 Å². The first-order valence-electron chi connectivity index (χ1n) is 6.62. The van der Waals surface area contributed by atoms with E-state index < -0.39 is 0 Å². The molecule has 1 aromatic carbocycles. The topological polar surface area (TPSA) is 40.5 Å². The highest BCUT2D eigenvalue weighted by molar-refractivity contribution is 5.95. The number of carbonyl (C=O) groups is 1. The van der Waals surface area contributed by atoms with E-state index in [0.29, 0.717) is 0 Å². The number of aliphatic hydroxyl groups is 1. The molecule has 0 radical (unpaired) electrons. The van der Waals surface area contributed by atoms with Gasteiger partial charge in [0.25, 0.3) is 5.91 Å². The number of benzene rings is 1. The van der Waals surface area contributed by atoms with Gasteiger partial charge in [-0.15, -0.1) is 0 Å². The van der Waals surface area contributed by atoms with Crippen molar-refractivity contribution in [3.8, 4) is 0 Å². The molecule has 3 heteroatoms. The second-order valence-corrected chi connectivity index (χ2v) is 5.15. The summed E-state index contributed by atoms with van der Waals surface area (Å²) in [6, 6.07) is 7.57. The van der Waals surface area contributed by atoms with Gasteiger partial charge < -0.3 is 10.0 Å². The summed E-state index contributed by atoms with van der Waals surface area (Å²) >= 11 is 0. The minimum absolute atomic E-state index is 0.0130. The van der Waals surface area contributed by atoms with E-state index in [-0.39, 0.29) is 18.1 Å². The van der Waals surface area contributed by atoms with Crippen LogP contribution in [0.3, 0.4) is 0 Å². The van der Waals surface area contributed by atoms with Crippen molar-refractivity contribution >= 4 is 5.91 Å². The first-order valence-corrected chi connectivity index (χ1v) is 6.62. The molecule has 1 fully saturated rings. The predicted molar refractivity (Wildman–Crippen MR) is 71.5 cm³/mol. The monoisotopic (exact) mass is 247 g/mol. The van der Waals surface area contributed by atoms with E-state index in [9.17, 15) is 9.90 Å². The molecule has 2 rings (SSSR count). The van der Waals surface area contributed by atoms with Crippen molar-refractivity contribution in [1.29, 1.82) is 0 Å². The molecule has 0 aliphatic heterocycles. The maximum Gasteiger partial charge on any atom is 0.254 e. The third kappa shape index (κ3) is 2.56. The van der Waals surface area contributed by atoms with Gasteiger partial charge in [0.1, 0.15) is 0 Å². The number of nitrogens with zero attached hydrogens (tertiary/aromatic N) is 1. The molecule has 2 unspecified atom stereocenters. The molecule has 1 aromatic rings. The van der Waals surface area contributed by atoms with E-state index in [1.807, 2.05) is 31.2 Å². The molecule has 0 bridgehead atoms. The van der Waals surface area contributed by atoms with Crippen LogP contribution in [0, 0.1) is 6.92 Å². The third-order valence-electron chi connectivity index (χ3n) is 3.89. The van der Waals surface area contributed by atoms with Gasteiger partial charge in [-0.2, -0.15) is 0 Å². The summed E-state index contributed by atoms with van der Waals surface area (Å²) in [7, 11) is 1.80. The average molecular weight is 247 g/mol. The van der Waals surface area contributed by atoms with Gasteiger partial charge in [0, 0.05) is 12.6 Å². The van der Waals surface area contributed by atoms with Crippen molar-refractivity contribution in [2.24, 2.45) is 0 Å². The largest absolute Gasteiger partial charge is 0.391 e. The predicted octanol–water partition coefficient (Wildman–Crippen LogP) is 2.37. The molecule has 1 N–H and O–H groups in total. The Morgan fingerprint density at radius 3 is 2.61 bits per heavy atom. The van der Waals surface area contributed by atoms with E-state index in [0.717, 1.165) is 36.8 Å². The highest BCUT2D eigenvalue weighted by Gasteiger charge is 2.30. The van der Waals surface area contributed by atoms with Crippen molar-refractivity contribution in [2.75, 3.05) is 7.05 Å². The number of rotatable bonds is 2. The lowest BCUT2D eigenvalue weighted by Crippen LogP contribution is -2.46. The summed E-state index contributed by atoms with van der Waals surface area (Å²) in [6.07, 6.45) is 3.47. The molecule has 98 valence electrons.